The molecule has 0 spiro atoms. The Morgan fingerprint density at radius 1 is 1.26 bits per heavy atom. The van der Waals surface area contributed by atoms with Crippen molar-refractivity contribution in [3.8, 4) is 11.5 Å². The van der Waals surface area contributed by atoms with Crippen LogP contribution in [0.4, 0.5) is 4.79 Å². The molecule has 0 aliphatic carbocycles. The summed E-state index contributed by atoms with van der Waals surface area (Å²) in [7, 11) is 0. The van der Waals surface area contributed by atoms with Crippen molar-refractivity contribution in [2.75, 3.05) is 19.8 Å². The summed E-state index contributed by atoms with van der Waals surface area (Å²) >= 11 is 0. The van der Waals surface area contributed by atoms with E-state index in [2.05, 4.69) is 24.5 Å². The number of benzene rings is 1. The number of urea groups is 1. The van der Waals surface area contributed by atoms with E-state index in [-0.39, 0.29) is 18.7 Å². The lowest BCUT2D eigenvalue weighted by Crippen LogP contribution is -2.44. The minimum atomic E-state index is -0.281. The summed E-state index contributed by atoms with van der Waals surface area (Å²) in [6.45, 7) is 5.74. The van der Waals surface area contributed by atoms with Crippen LogP contribution in [0, 0.1) is 5.92 Å². The average Bonchev–Trinajstić information content (AvgIpc) is 2.76. The van der Waals surface area contributed by atoms with Crippen molar-refractivity contribution < 1.29 is 19.4 Å². The lowest BCUT2D eigenvalue weighted by Gasteiger charge is -2.18. The van der Waals surface area contributed by atoms with Crippen molar-refractivity contribution in [1.29, 1.82) is 0 Å². The Bertz CT molecular complexity index is 519. The van der Waals surface area contributed by atoms with E-state index in [0.717, 1.165) is 29.9 Å². The number of aliphatic hydroxyl groups is 1. The SMILES string of the molecule is CC(C)C[C@H](CO)NC(=O)NCc1ccc2c(c1)OCCCO2. The normalized spacial score (nSPS) is 15.0. The maximum atomic E-state index is 11.9. The number of fused-ring (bicyclic) bond motifs is 1. The number of amides is 2. The summed E-state index contributed by atoms with van der Waals surface area (Å²) in [5.74, 6) is 1.87. The third-order valence-corrected chi connectivity index (χ3v) is 3.58. The Morgan fingerprint density at radius 3 is 2.70 bits per heavy atom. The Labute approximate surface area is 137 Å². The molecule has 0 unspecified atom stereocenters. The molecule has 0 fully saturated rings. The number of nitrogens with one attached hydrogen (secondary N) is 2. The smallest absolute Gasteiger partial charge is 0.315 e. The maximum Gasteiger partial charge on any atom is 0.315 e. The summed E-state index contributed by atoms with van der Waals surface area (Å²) in [5.41, 5.74) is 0.939. The summed E-state index contributed by atoms with van der Waals surface area (Å²) in [6.07, 6.45) is 1.61. The van der Waals surface area contributed by atoms with Gasteiger partial charge >= 0.3 is 6.03 Å². The van der Waals surface area contributed by atoms with Gasteiger partial charge in [0.15, 0.2) is 11.5 Å². The molecule has 1 aromatic carbocycles. The summed E-state index contributed by atoms with van der Waals surface area (Å²) in [5, 5.41) is 14.9. The zero-order valence-electron chi connectivity index (χ0n) is 13.8. The molecule has 6 nitrogen and oxygen atoms in total. The first-order chi connectivity index (χ1) is 11.1. The second-order valence-corrected chi connectivity index (χ2v) is 6.17. The number of ether oxygens (including phenoxy) is 2. The Balaban J connectivity index is 1.85. The van der Waals surface area contributed by atoms with Crippen LogP contribution >= 0.6 is 0 Å². The fourth-order valence-electron chi connectivity index (χ4n) is 2.48. The van der Waals surface area contributed by atoms with Crippen molar-refractivity contribution in [3.63, 3.8) is 0 Å². The van der Waals surface area contributed by atoms with Gasteiger partial charge in [-0.1, -0.05) is 19.9 Å². The Morgan fingerprint density at radius 2 is 2.00 bits per heavy atom. The predicted molar refractivity (Wildman–Crippen MR) is 87.7 cm³/mol. The first kappa shape index (κ1) is 17.4. The van der Waals surface area contributed by atoms with E-state index in [1.54, 1.807) is 0 Å². The lowest BCUT2D eigenvalue weighted by atomic mass is 10.0. The zero-order valence-corrected chi connectivity index (χ0v) is 13.8. The molecule has 6 heteroatoms. The van der Waals surface area contributed by atoms with Gasteiger partial charge in [0.2, 0.25) is 0 Å². The number of carbonyl (C=O) groups excluding carboxylic acids is 1. The summed E-state index contributed by atoms with van der Waals surface area (Å²) in [4.78, 5) is 11.9. The molecular formula is C17H26N2O4. The monoisotopic (exact) mass is 322 g/mol. The molecular weight excluding hydrogens is 296 g/mol. The number of carbonyl (C=O) groups is 1. The molecule has 0 radical (unpaired) electrons. The third kappa shape index (κ3) is 5.63. The average molecular weight is 322 g/mol. The van der Waals surface area contributed by atoms with Crippen LogP contribution in [0.25, 0.3) is 0 Å². The predicted octanol–water partition coefficient (Wildman–Crippen LogP) is 2.05. The van der Waals surface area contributed by atoms with Gasteiger partial charge in [-0.25, -0.2) is 4.79 Å². The van der Waals surface area contributed by atoms with Gasteiger partial charge in [0.25, 0.3) is 0 Å². The van der Waals surface area contributed by atoms with E-state index in [1.807, 2.05) is 18.2 Å². The Kier molecular flexibility index (Phi) is 6.52. The van der Waals surface area contributed by atoms with E-state index in [4.69, 9.17) is 9.47 Å². The summed E-state index contributed by atoms with van der Waals surface area (Å²) < 4.78 is 11.2. The highest BCUT2D eigenvalue weighted by Crippen LogP contribution is 2.30. The van der Waals surface area contributed by atoms with Crippen LogP contribution in [0.15, 0.2) is 18.2 Å². The topological polar surface area (TPSA) is 79.8 Å². The molecule has 2 amide bonds. The number of aliphatic hydroxyl groups excluding tert-OH is 1. The van der Waals surface area contributed by atoms with Gasteiger partial charge < -0.3 is 25.2 Å². The minimum absolute atomic E-state index is 0.0599. The number of hydrogen-bond donors (Lipinski definition) is 3. The van der Waals surface area contributed by atoms with Gasteiger partial charge in [0, 0.05) is 13.0 Å². The molecule has 3 N–H and O–H groups in total. The molecule has 0 aromatic heterocycles. The second-order valence-electron chi connectivity index (χ2n) is 6.17. The third-order valence-electron chi connectivity index (χ3n) is 3.58. The van der Waals surface area contributed by atoms with Gasteiger partial charge in [-0.15, -0.1) is 0 Å². The quantitative estimate of drug-likeness (QED) is 0.749. The van der Waals surface area contributed by atoms with Gasteiger partial charge in [-0.2, -0.15) is 0 Å². The van der Waals surface area contributed by atoms with Crippen molar-refractivity contribution in [2.45, 2.75) is 39.3 Å². The van der Waals surface area contributed by atoms with Crippen molar-refractivity contribution in [1.82, 2.24) is 10.6 Å². The molecule has 128 valence electrons. The molecule has 0 bridgehead atoms. The highest BCUT2D eigenvalue weighted by atomic mass is 16.5. The minimum Gasteiger partial charge on any atom is -0.490 e. The fraction of sp³-hybridized carbons (Fsp3) is 0.588. The van der Waals surface area contributed by atoms with Gasteiger partial charge in [-0.05, 0) is 30.0 Å². The van der Waals surface area contributed by atoms with E-state index in [0.29, 0.717) is 25.7 Å². The standard InChI is InChI=1S/C17H26N2O4/c1-12(2)8-14(11-20)19-17(21)18-10-13-4-5-15-16(9-13)23-7-3-6-22-15/h4-5,9,12,14,20H,3,6-8,10-11H2,1-2H3,(H2,18,19,21)/t14-/m1/s1. The zero-order chi connectivity index (χ0) is 16.7. The van der Waals surface area contributed by atoms with E-state index >= 15 is 0 Å². The largest absolute Gasteiger partial charge is 0.490 e. The van der Waals surface area contributed by atoms with E-state index in [9.17, 15) is 9.90 Å². The van der Waals surface area contributed by atoms with Crippen LogP contribution in [0.1, 0.15) is 32.3 Å². The molecule has 1 atom stereocenters. The first-order valence-electron chi connectivity index (χ1n) is 8.12. The molecule has 1 aromatic rings. The van der Waals surface area contributed by atoms with Crippen molar-refractivity contribution in [2.24, 2.45) is 5.92 Å². The second kappa shape index (κ2) is 8.62. The molecule has 0 saturated heterocycles. The number of hydrogen-bond acceptors (Lipinski definition) is 4. The molecule has 2 rings (SSSR count). The van der Waals surface area contributed by atoms with Crippen LogP contribution in [0.3, 0.4) is 0 Å². The van der Waals surface area contributed by atoms with E-state index < -0.39 is 0 Å². The maximum absolute atomic E-state index is 11.9. The molecule has 1 aliphatic rings. The molecule has 1 aliphatic heterocycles. The first-order valence-corrected chi connectivity index (χ1v) is 8.12. The van der Waals surface area contributed by atoms with Crippen LogP contribution in [0.2, 0.25) is 0 Å². The summed E-state index contributed by atoms with van der Waals surface area (Å²) in [6, 6.07) is 5.16. The Hall–Kier alpha value is -1.95. The van der Waals surface area contributed by atoms with Gasteiger partial charge in [-0.3, -0.25) is 0 Å². The van der Waals surface area contributed by atoms with Crippen LogP contribution < -0.4 is 20.1 Å². The van der Waals surface area contributed by atoms with Crippen LogP contribution in [-0.2, 0) is 6.54 Å². The lowest BCUT2D eigenvalue weighted by molar-refractivity contribution is 0.206. The fourth-order valence-corrected chi connectivity index (χ4v) is 2.48. The van der Waals surface area contributed by atoms with Gasteiger partial charge in [0.1, 0.15) is 0 Å². The molecule has 23 heavy (non-hydrogen) atoms. The molecule has 1 heterocycles. The highest BCUT2D eigenvalue weighted by Gasteiger charge is 2.14. The van der Waals surface area contributed by atoms with E-state index in [1.165, 1.54) is 0 Å². The highest BCUT2D eigenvalue weighted by molar-refractivity contribution is 5.74. The van der Waals surface area contributed by atoms with Crippen molar-refractivity contribution >= 4 is 6.03 Å². The molecule has 0 saturated carbocycles. The van der Waals surface area contributed by atoms with Crippen molar-refractivity contribution in [3.05, 3.63) is 23.8 Å². The number of rotatable bonds is 6. The van der Waals surface area contributed by atoms with Crippen LogP contribution in [0.5, 0.6) is 11.5 Å². The van der Waals surface area contributed by atoms with Crippen LogP contribution in [-0.4, -0.2) is 37.0 Å². The van der Waals surface area contributed by atoms with Gasteiger partial charge in [0.05, 0.1) is 25.9 Å².